The van der Waals surface area contributed by atoms with Crippen LogP contribution in [0.1, 0.15) is 16.9 Å². The third-order valence-corrected chi connectivity index (χ3v) is 4.44. The molecule has 1 unspecified atom stereocenters. The van der Waals surface area contributed by atoms with Gasteiger partial charge in [-0.1, -0.05) is 17.8 Å². The van der Waals surface area contributed by atoms with Crippen LogP contribution in [0, 0.1) is 0 Å². The van der Waals surface area contributed by atoms with Gasteiger partial charge in [-0.2, -0.15) is 0 Å². The van der Waals surface area contributed by atoms with E-state index in [1.807, 2.05) is 12.3 Å². The van der Waals surface area contributed by atoms with Crippen molar-refractivity contribution in [1.82, 2.24) is 14.3 Å². The van der Waals surface area contributed by atoms with Crippen molar-refractivity contribution in [2.24, 2.45) is 0 Å². The number of halogens is 1. The predicted molar refractivity (Wildman–Crippen MR) is 79.0 cm³/mol. The predicted octanol–water partition coefficient (Wildman–Crippen LogP) is 1.69. The van der Waals surface area contributed by atoms with Crippen molar-refractivity contribution in [1.29, 1.82) is 0 Å². The molecule has 8 heteroatoms. The number of aliphatic carboxylic acids is 1. The summed E-state index contributed by atoms with van der Waals surface area (Å²) in [6.07, 6.45) is 3.45. The fraction of sp³-hybridized carbons (Fsp3) is 0.357. The number of carbonyl (C=O) groups is 2. The maximum Gasteiger partial charge on any atom is 0.343 e. The van der Waals surface area contributed by atoms with Gasteiger partial charge in [-0.25, -0.2) is 14.2 Å². The number of fused-ring (bicyclic) bond motifs is 1. The number of nitrogens with zero attached hydrogens (tertiary/aromatic N) is 3. The molecular weight excluding hydrogens is 309 g/mol. The summed E-state index contributed by atoms with van der Waals surface area (Å²) in [6, 6.07) is 5.38. The molecule has 0 bridgehead atoms. The SMILES string of the molecule is CSc1nc(C(=O)N2CCC(F)(C(=O)O)C2)c2ccccn12. The molecule has 1 amide bonds. The number of rotatable bonds is 3. The largest absolute Gasteiger partial charge is 0.479 e. The van der Waals surface area contributed by atoms with Crippen LogP contribution < -0.4 is 0 Å². The Bertz CT molecular complexity index is 763. The highest BCUT2D eigenvalue weighted by Gasteiger charge is 2.47. The topological polar surface area (TPSA) is 74.9 Å². The quantitative estimate of drug-likeness (QED) is 0.870. The summed E-state index contributed by atoms with van der Waals surface area (Å²) in [5.74, 6) is -1.97. The van der Waals surface area contributed by atoms with Crippen molar-refractivity contribution in [2.45, 2.75) is 17.2 Å². The fourth-order valence-electron chi connectivity index (χ4n) is 2.58. The fourth-order valence-corrected chi connectivity index (χ4v) is 3.12. The van der Waals surface area contributed by atoms with E-state index in [-0.39, 0.29) is 18.7 Å². The molecule has 2 aromatic heterocycles. The van der Waals surface area contributed by atoms with Gasteiger partial charge in [0.15, 0.2) is 10.9 Å². The Balaban J connectivity index is 1.95. The van der Waals surface area contributed by atoms with Gasteiger partial charge in [0.25, 0.3) is 5.91 Å². The number of likely N-dealkylation sites (tertiary alicyclic amines) is 1. The average molecular weight is 323 g/mol. The number of carboxylic acids is 1. The van der Waals surface area contributed by atoms with E-state index in [0.717, 1.165) is 0 Å². The summed E-state index contributed by atoms with van der Waals surface area (Å²) < 4.78 is 15.9. The number of imidazole rings is 1. The Labute approximate surface area is 129 Å². The minimum Gasteiger partial charge on any atom is -0.479 e. The standard InChI is InChI=1S/C14H14FN3O3S/c1-22-13-16-10(9-4-2-3-6-18(9)13)11(19)17-7-5-14(15,8-17)12(20)21/h2-4,6H,5,7-8H2,1H3,(H,20,21). The van der Waals surface area contributed by atoms with Crippen LogP contribution in [0.15, 0.2) is 29.6 Å². The second-order valence-corrected chi connectivity index (χ2v) is 5.92. The second-order valence-electron chi connectivity index (χ2n) is 5.15. The van der Waals surface area contributed by atoms with Crippen molar-refractivity contribution in [3.8, 4) is 0 Å². The van der Waals surface area contributed by atoms with Crippen molar-refractivity contribution in [3.05, 3.63) is 30.1 Å². The minimum absolute atomic E-state index is 0.0715. The maximum absolute atomic E-state index is 14.1. The Morgan fingerprint density at radius 3 is 2.86 bits per heavy atom. The smallest absolute Gasteiger partial charge is 0.343 e. The van der Waals surface area contributed by atoms with Gasteiger partial charge in [-0.15, -0.1) is 0 Å². The second kappa shape index (κ2) is 5.28. The highest BCUT2D eigenvalue weighted by atomic mass is 32.2. The van der Waals surface area contributed by atoms with Crippen LogP contribution in [0.25, 0.3) is 5.52 Å². The molecule has 0 aliphatic carbocycles. The molecule has 1 saturated heterocycles. The van der Waals surface area contributed by atoms with Crippen molar-refractivity contribution in [3.63, 3.8) is 0 Å². The van der Waals surface area contributed by atoms with E-state index in [2.05, 4.69) is 4.98 Å². The summed E-state index contributed by atoms with van der Waals surface area (Å²) in [7, 11) is 0. The molecule has 0 spiro atoms. The van der Waals surface area contributed by atoms with E-state index >= 15 is 0 Å². The molecule has 1 aliphatic rings. The van der Waals surface area contributed by atoms with Gasteiger partial charge in [0.1, 0.15) is 0 Å². The number of pyridine rings is 1. The van der Waals surface area contributed by atoms with E-state index < -0.39 is 24.1 Å². The zero-order chi connectivity index (χ0) is 15.9. The maximum atomic E-state index is 14.1. The Morgan fingerprint density at radius 2 is 2.23 bits per heavy atom. The van der Waals surface area contributed by atoms with Crippen molar-refractivity contribution < 1.29 is 19.1 Å². The molecule has 2 aromatic rings. The van der Waals surface area contributed by atoms with Crippen molar-refractivity contribution >= 4 is 29.2 Å². The first-order valence-corrected chi connectivity index (χ1v) is 7.91. The Kier molecular flexibility index (Phi) is 3.56. The Hall–Kier alpha value is -2.09. The molecule has 0 saturated carbocycles. The first-order chi connectivity index (χ1) is 10.5. The molecule has 3 heterocycles. The number of hydrogen-bond acceptors (Lipinski definition) is 4. The van der Waals surface area contributed by atoms with Crippen LogP contribution in [0.3, 0.4) is 0 Å². The summed E-state index contributed by atoms with van der Waals surface area (Å²) in [4.78, 5) is 29.1. The van der Waals surface area contributed by atoms with Crippen LogP contribution in [0.2, 0.25) is 0 Å². The number of thioether (sulfide) groups is 1. The summed E-state index contributed by atoms with van der Waals surface area (Å²) >= 11 is 1.40. The lowest BCUT2D eigenvalue weighted by Gasteiger charge is -2.16. The highest BCUT2D eigenvalue weighted by molar-refractivity contribution is 7.98. The molecule has 1 atom stereocenters. The third kappa shape index (κ3) is 2.23. The molecular formula is C14H14FN3O3S. The molecule has 116 valence electrons. The Morgan fingerprint density at radius 1 is 1.45 bits per heavy atom. The van der Waals surface area contributed by atoms with Gasteiger partial charge in [0, 0.05) is 19.2 Å². The van der Waals surface area contributed by atoms with E-state index in [1.54, 1.807) is 22.7 Å². The molecule has 6 nitrogen and oxygen atoms in total. The number of aromatic nitrogens is 2. The van der Waals surface area contributed by atoms with Gasteiger partial charge < -0.3 is 10.0 Å². The van der Waals surface area contributed by atoms with E-state index in [4.69, 9.17) is 5.11 Å². The van der Waals surface area contributed by atoms with Crippen LogP contribution in [-0.2, 0) is 4.79 Å². The number of carboxylic acid groups (broad SMARTS) is 1. The van der Waals surface area contributed by atoms with Gasteiger partial charge in [0.2, 0.25) is 5.67 Å². The molecule has 0 aromatic carbocycles. The molecule has 0 radical (unpaired) electrons. The lowest BCUT2D eigenvalue weighted by atomic mass is 10.1. The van der Waals surface area contributed by atoms with Gasteiger partial charge in [0.05, 0.1) is 12.1 Å². The van der Waals surface area contributed by atoms with Gasteiger partial charge >= 0.3 is 5.97 Å². The van der Waals surface area contributed by atoms with Crippen LogP contribution >= 0.6 is 11.8 Å². The van der Waals surface area contributed by atoms with Gasteiger partial charge in [-0.3, -0.25) is 9.20 Å². The zero-order valence-electron chi connectivity index (χ0n) is 11.8. The normalized spacial score (nSPS) is 21.5. The van der Waals surface area contributed by atoms with Crippen molar-refractivity contribution in [2.75, 3.05) is 19.3 Å². The zero-order valence-corrected chi connectivity index (χ0v) is 12.6. The molecule has 1 fully saturated rings. The highest BCUT2D eigenvalue weighted by Crippen LogP contribution is 2.28. The summed E-state index contributed by atoms with van der Waals surface area (Å²) in [6.45, 7) is -0.371. The molecule has 3 rings (SSSR count). The van der Waals surface area contributed by atoms with Crippen LogP contribution in [0.5, 0.6) is 0 Å². The average Bonchev–Trinajstić information content (AvgIpc) is 3.09. The molecule has 1 aliphatic heterocycles. The third-order valence-electron chi connectivity index (χ3n) is 3.79. The minimum atomic E-state index is -2.37. The summed E-state index contributed by atoms with van der Waals surface area (Å²) in [5, 5.41) is 9.58. The number of amides is 1. The van der Waals surface area contributed by atoms with Crippen LogP contribution in [-0.4, -0.2) is 56.3 Å². The molecule has 22 heavy (non-hydrogen) atoms. The van der Waals surface area contributed by atoms with Gasteiger partial charge in [-0.05, 0) is 18.4 Å². The summed E-state index contributed by atoms with van der Waals surface area (Å²) in [5.41, 5.74) is -1.52. The molecule has 1 N–H and O–H groups in total. The first-order valence-electron chi connectivity index (χ1n) is 6.69. The number of hydrogen-bond donors (Lipinski definition) is 1. The lowest BCUT2D eigenvalue weighted by Crippen LogP contribution is -2.39. The van der Waals surface area contributed by atoms with E-state index in [1.165, 1.54) is 16.7 Å². The van der Waals surface area contributed by atoms with E-state index in [0.29, 0.717) is 10.7 Å². The van der Waals surface area contributed by atoms with E-state index in [9.17, 15) is 14.0 Å². The monoisotopic (exact) mass is 323 g/mol. The number of alkyl halides is 1. The van der Waals surface area contributed by atoms with Crippen LogP contribution in [0.4, 0.5) is 4.39 Å². The first kappa shape index (κ1) is 14.8. The number of carbonyl (C=O) groups excluding carboxylic acids is 1. The lowest BCUT2D eigenvalue weighted by molar-refractivity contribution is -0.149.